The number of methoxy groups -OCH3 is 1. The number of aromatic nitrogens is 1. The van der Waals surface area contributed by atoms with Gasteiger partial charge in [0.05, 0.1) is 23.3 Å². The number of rotatable bonds is 4. The third kappa shape index (κ3) is 3.75. The maximum Gasteiger partial charge on any atom is 0.417 e. The lowest BCUT2D eigenvalue weighted by Gasteiger charge is -2.13. The number of hydrogen-bond acceptors (Lipinski definition) is 4. The minimum atomic E-state index is -4.81. The van der Waals surface area contributed by atoms with E-state index in [1.807, 2.05) is 0 Å². The summed E-state index contributed by atoms with van der Waals surface area (Å²) in [5.74, 6) is 0.252. The molecule has 2 N–H and O–H groups in total. The number of alkyl halides is 3. The average molecular weight is 398 g/mol. The maximum atomic E-state index is 13.2. The Morgan fingerprint density at radius 1 is 1.07 bits per heavy atom. The third-order valence-electron chi connectivity index (χ3n) is 3.78. The zero-order chi connectivity index (χ0) is 19.8. The molecule has 6 nitrogen and oxygen atoms in total. The molecular weight excluding hydrogens is 385 g/mol. The molecule has 27 heavy (non-hydrogen) atoms. The molecule has 142 valence electrons. The Morgan fingerprint density at radius 2 is 1.78 bits per heavy atom. The molecule has 0 spiro atoms. The molecule has 3 rings (SSSR count). The molecule has 0 fully saturated rings. The first-order chi connectivity index (χ1) is 12.6. The highest BCUT2D eigenvalue weighted by Crippen LogP contribution is 2.34. The van der Waals surface area contributed by atoms with E-state index in [0.717, 1.165) is 18.2 Å². The smallest absolute Gasteiger partial charge is 0.417 e. The van der Waals surface area contributed by atoms with Gasteiger partial charge in [-0.15, -0.1) is 0 Å². The highest BCUT2D eigenvalue weighted by molar-refractivity contribution is 7.92. The van der Waals surface area contributed by atoms with Gasteiger partial charge in [0.1, 0.15) is 5.75 Å². The lowest BCUT2D eigenvalue weighted by molar-refractivity contribution is -0.136. The predicted molar refractivity (Wildman–Crippen MR) is 93.4 cm³/mol. The Bertz CT molecular complexity index is 1170. The first kappa shape index (κ1) is 18.8. The molecular formula is C17H13F3N2O4S. The number of benzene rings is 2. The largest absolute Gasteiger partial charge is 0.495 e. The highest BCUT2D eigenvalue weighted by atomic mass is 32.2. The van der Waals surface area contributed by atoms with Crippen molar-refractivity contribution in [2.45, 2.75) is 11.1 Å². The van der Waals surface area contributed by atoms with Gasteiger partial charge >= 0.3 is 6.18 Å². The SMILES string of the molecule is COc1ccccc1NS(=O)(=O)c1ccc2[nH]c(=O)cc(C(F)(F)F)c2c1. The zero-order valence-corrected chi connectivity index (χ0v) is 14.6. The number of aromatic amines is 1. The van der Waals surface area contributed by atoms with Crippen LogP contribution in [0.4, 0.5) is 18.9 Å². The van der Waals surface area contributed by atoms with Gasteiger partial charge < -0.3 is 9.72 Å². The number of anilines is 1. The van der Waals surface area contributed by atoms with E-state index in [-0.39, 0.29) is 17.0 Å². The molecule has 0 radical (unpaired) electrons. The number of para-hydroxylation sites is 2. The summed E-state index contributed by atoms with van der Waals surface area (Å²) in [5, 5.41) is -0.426. The molecule has 0 aliphatic rings. The molecule has 0 bridgehead atoms. The Labute approximate surface area is 151 Å². The highest BCUT2D eigenvalue weighted by Gasteiger charge is 2.33. The summed E-state index contributed by atoms with van der Waals surface area (Å²) in [7, 11) is -2.84. The first-order valence-corrected chi connectivity index (χ1v) is 9.00. The van der Waals surface area contributed by atoms with Crippen LogP contribution in [0, 0.1) is 0 Å². The van der Waals surface area contributed by atoms with E-state index in [2.05, 4.69) is 9.71 Å². The number of hydrogen-bond donors (Lipinski definition) is 2. The molecule has 0 saturated heterocycles. The fourth-order valence-electron chi connectivity index (χ4n) is 2.57. The number of sulfonamides is 1. The molecule has 0 unspecified atom stereocenters. The molecule has 0 aliphatic heterocycles. The van der Waals surface area contributed by atoms with E-state index in [4.69, 9.17) is 4.74 Å². The van der Waals surface area contributed by atoms with Crippen LogP contribution in [0.25, 0.3) is 10.9 Å². The normalized spacial score (nSPS) is 12.1. The summed E-state index contributed by atoms with van der Waals surface area (Å²) >= 11 is 0. The van der Waals surface area contributed by atoms with Gasteiger partial charge in [0.15, 0.2) is 0 Å². The van der Waals surface area contributed by atoms with E-state index < -0.39 is 37.6 Å². The van der Waals surface area contributed by atoms with Crippen LogP contribution in [-0.4, -0.2) is 20.5 Å². The van der Waals surface area contributed by atoms with E-state index >= 15 is 0 Å². The van der Waals surface area contributed by atoms with Crippen molar-refractivity contribution in [3.8, 4) is 5.75 Å². The van der Waals surface area contributed by atoms with Crippen LogP contribution in [0.3, 0.4) is 0 Å². The number of halogens is 3. The van der Waals surface area contributed by atoms with Gasteiger partial charge in [-0.3, -0.25) is 9.52 Å². The number of fused-ring (bicyclic) bond motifs is 1. The standard InChI is InChI=1S/C17H13F3N2O4S/c1-26-15-5-3-2-4-14(15)22-27(24,25)10-6-7-13-11(8-10)12(17(18,19)20)9-16(23)21-13/h2-9,22H,1H3,(H,21,23). The molecule has 0 saturated carbocycles. The van der Waals surface area contributed by atoms with Crippen LogP contribution in [0.1, 0.15) is 5.56 Å². The van der Waals surface area contributed by atoms with Gasteiger partial charge in [0.2, 0.25) is 5.56 Å². The van der Waals surface area contributed by atoms with E-state index in [1.54, 1.807) is 12.1 Å². The van der Waals surface area contributed by atoms with E-state index in [0.29, 0.717) is 6.07 Å². The third-order valence-corrected chi connectivity index (χ3v) is 5.14. The van der Waals surface area contributed by atoms with Gasteiger partial charge in [-0.05, 0) is 30.3 Å². The molecule has 1 heterocycles. The second-order valence-electron chi connectivity index (χ2n) is 5.56. The maximum absolute atomic E-state index is 13.2. The fraction of sp³-hybridized carbons (Fsp3) is 0.118. The number of ether oxygens (including phenoxy) is 1. The summed E-state index contributed by atoms with van der Waals surface area (Å²) < 4.78 is 72.3. The molecule has 0 amide bonds. The lowest BCUT2D eigenvalue weighted by Crippen LogP contribution is -2.16. The van der Waals surface area contributed by atoms with Crippen LogP contribution >= 0.6 is 0 Å². The van der Waals surface area contributed by atoms with Crippen LogP contribution in [0.2, 0.25) is 0 Å². The van der Waals surface area contributed by atoms with Crippen molar-refractivity contribution >= 4 is 26.6 Å². The minimum absolute atomic E-state index is 0.119. The Balaban J connectivity index is 2.14. The average Bonchev–Trinajstić information content (AvgIpc) is 2.60. The van der Waals surface area contributed by atoms with Crippen LogP contribution in [0.15, 0.2) is 58.2 Å². The Hall–Kier alpha value is -3.01. The lowest BCUT2D eigenvalue weighted by atomic mass is 10.1. The first-order valence-electron chi connectivity index (χ1n) is 7.52. The number of pyridine rings is 1. The second-order valence-corrected chi connectivity index (χ2v) is 7.24. The topological polar surface area (TPSA) is 88.3 Å². The Morgan fingerprint density at radius 3 is 2.44 bits per heavy atom. The summed E-state index contributed by atoms with van der Waals surface area (Å²) in [6.45, 7) is 0. The Kier molecular flexibility index (Phi) is 4.60. The van der Waals surface area contributed by atoms with Gasteiger partial charge in [0, 0.05) is 17.0 Å². The van der Waals surface area contributed by atoms with Crippen molar-refractivity contribution in [2.75, 3.05) is 11.8 Å². The summed E-state index contributed by atoms with van der Waals surface area (Å²) in [4.78, 5) is 13.3. The second kappa shape index (κ2) is 6.62. The monoisotopic (exact) mass is 398 g/mol. The van der Waals surface area contributed by atoms with Gasteiger partial charge in [-0.25, -0.2) is 8.42 Å². The van der Waals surface area contributed by atoms with Crippen LogP contribution < -0.4 is 15.0 Å². The van der Waals surface area contributed by atoms with Gasteiger partial charge in [-0.2, -0.15) is 13.2 Å². The van der Waals surface area contributed by atoms with E-state index in [9.17, 15) is 26.4 Å². The predicted octanol–water partition coefficient (Wildman–Crippen LogP) is 3.36. The van der Waals surface area contributed by atoms with Gasteiger partial charge in [-0.1, -0.05) is 12.1 Å². The molecule has 1 aromatic heterocycles. The van der Waals surface area contributed by atoms with Crippen molar-refractivity contribution in [2.24, 2.45) is 0 Å². The number of H-pyrrole nitrogens is 1. The van der Waals surface area contributed by atoms with Crippen molar-refractivity contribution in [3.63, 3.8) is 0 Å². The molecule has 0 aliphatic carbocycles. The van der Waals surface area contributed by atoms with Crippen molar-refractivity contribution in [1.29, 1.82) is 0 Å². The van der Waals surface area contributed by atoms with Crippen molar-refractivity contribution in [1.82, 2.24) is 4.98 Å². The van der Waals surface area contributed by atoms with Crippen molar-refractivity contribution < 1.29 is 26.3 Å². The zero-order valence-electron chi connectivity index (χ0n) is 13.8. The molecule has 0 atom stereocenters. The summed E-state index contributed by atoms with van der Waals surface area (Å²) in [5.41, 5.74) is -2.13. The van der Waals surface area contributed by atoms with Crippen molar-refractivity contribution in [3.05, 3.63) is 64.4 Å². The van der Waals surface area contributed by atoms with Gasteiger partial charge in [0.25, 0.3) is 10.0 Å². The van der Waals surface area contributed by atoms with Crippen LogP contribution in [0.5, 0.6) is 5.75 Å². The van der Waals surface area contributed by atoms with E-state index in [1.165, 1.54) is 19.2 Å². The summed E-state index contributed by atoms with van der Waals surface area (Å²) in [6.07, 6.45) is -4.81. The molecule has 2 aromatic carbocycles. The summed E-state index contributed by atoms with van der Waals surface area (Å²) in [6, 6.07) is 9.68. The van der Waals surface area contributed by atoms with Crippen LogP contribution in [-0.2, 0) is 16.2 Å². The molecule has 10 heteroatoms. The fourth-order valence-corrected chi connectivity index (χ4v) is 3.66. The minimum Gasteiger partial charge on any atom is -0.495 e. The number of nitrogens with one attached hydrogen (secondary N) is 2. The quantitative estimate of drug-likeness (QED) is 0.706. The molecule has 3 aromatic rings.